The van der Waals surface area contributed by atoms with Gasteiger partial charge >= 0.3 is 0 Å². The minimum Gasteiger partial charge on any atom is -0.326 e. The average molecular weight is 530 g/mol. The Balaban J connectivity index is 1.61. The van der Waals surface area contributed by atoms with Gasteiger partial charge in [0.1, 0.15) is 0 Å². The molecule has 3 aromatic carbocycles. The normalized spacial score (nSPS) is 12.9. The molecule has 0 unspecified atom stereocenters. The minimum absolute atomic E-state index is 0.0976. The fourth-order valence-electron chi connectivity index (χ4n) is 3.52. The van der Waals surface area contributed by atoms with Gasteiger partial charge in [0, 0.05) is 32.2 Å². The van der Waals surface area contributed by atoms with Crippen LogP contribution in [-0.4, -0.2) is 41.1 Å². The van der Waals surface area contributed by atoms with E-state index in [1.54, 1.807) is 32.0 Å². The number of anilines is 1. The second-order valence-corrected chi connectivity index (χ2v) is 12.6. The first kappa shape index (κ1) is 27.5. The highest BCUT2D eigenvalue weighted by Gasteiger charge is 2.20. The zero-order valence-corrected chi connectivity index (χ0v) is 22.4. The third-order valence-corrected chi connectivity index (χ3v) is 9.14. The maximum Gasteiger partial charge on any atom is 0.242 e. The second-order valence-electron chi connectivity index (χ2n) is 8.71. The molecular formula is C26H31N3O5S2. The molecule has 3 aromatic rings. The van der Waals surface area contributed by atoms with E-state index in [1.807, 2.05) is 30.3 Å². The molecule has 0 aliphatic carbocycles. The zero-order valence-electron chi connectivity index (χ0n) is 20.7. The summed E-state index contributed by atoms with van der Waals surface area (Å²) in [6.45, 7) is 3.57. The van der Waals surface area contributed by atoms with Crippen molar-refractivity contribution >= 4 is 31.6 Å². The summed E-state index contributed by atoms with van der Waals surface area (Å²) in [6, 6.07) is 19.9. The van der Waals surface area contributed by atoms with Gasteiger partial charge in [0.25, 0.3) is 0 Å². The topological polar surface area (TPSA) is 113 Å². The molecule has 8 nitrogen and oxygen atoms in total. The quantitative estimate of drug-likeness (QED) is 0.414. The molecule has 0 spiro atoms. The van der Waals surface area contributed by atoms with Crippen molar-refractivity contribution in [2.75, 3.05) is 19.4 Å². The van der Waals surface area contributed by atoms with Gasteiger partial charge in [-0.2, -0.15) is 0 Å². The number of aryl methyl sites for hydroxylation is 2. The van der Waals surface area contributed by atoms with Gasteiger partial charge in [0.05, 0.1) is 9.79 Å². The molecular weight excluding hydrogens is 498 g/mol. The average Bonchev–Trinajstić information content (AvgIpc) is 2.84. The van der Waals surface area contributed by atoms with Crippen molar-refractivity contribution in [2.24, 2.45) is 0 Å². The molecule has 192 valence electrons. The SMILES string of the molecule is Cc1ccc(S(=O)(=O)N(C)C)cc1NC(=O)CCc1ccc(S(=O)(=O)N[C@@H](C)c2ccccc2)cc1. The molecule has 0 fully saturated rings. The molecule has 0 aromatic heterocycles. The summed E-state index contributed by atoms with van der Waals surface area (Å²) in [5.74, 6) is -0.271. The van der Waals surface area contributed by atoms with E-state index in [0.717, 1.165) is 21.0 Å². The molecule has 0 saturated carbocycles. The number of benzene rings is 3. The van der Waals surface area contributed by atoms with Crippen molar-refractivity contribution in [1.82, 2.24) is 9.03 Å². The Morgan fingerprint density at radius 1 is 0.889 bits per heavy atom. The molecule has 36 heavy (non-hydrogen) atoms. The van der Waals surface area contributed by atoms with Crippen molar-refractivity contribution in [3.8, 4) is 0 Å². The van der Waals surface area contributed by atoms with Crippen molar-refractivity contribution in [1.29, 1.82) is 0 Å². The summed E-state index contributed by atoms with van der Waals surface area (Å²) in [5, 5.41) is 2.78. The lowest BCUT2D eigenvalue weighted by atomic mass is 10.1. The van der Waals surface area contributed by atoms with Gasteiger partial charge in [-0.3, -0.25) is 4.79 Å². The van der Waals surface area contributed by atoms with Crippen LogP contribution in [0.2, 0.25) is 0 Å². The van der Waals surface area contributed by atoms with Crippen LogP contribution in [-0.2, 0) is 31.3 Å². The summed E-state index contributed by atoms with van der Waals surface area (Å²) in [5.41, 5.74) is 2.85. The van der Waals surface area contributed by atoms with Crippen LogP contribution in [0.3, 0.4) is 0 Å². The molecule has 3 rings (SSSR count). The predicted molar refractivity (Wildman–Crippen MR) is 141 cm³/mol. The van der Waals surface area contributed by atoms with Crippen molar-refractivity contribution in [2.45, 2.75) is 42.5 Å². The maximum atomic E-state index is 12.7. The summed E-state index contributed by atoms with van der Waals surface area (Å²) in [7, 11) is -4.43. The van der Waals surface area contributed by atoms with E-state index in [4.69, 9.17) is 0 Å². The molecule has 0 heterocycles. The number of amides is 1. The number of carbonyl (C=O) groups is 1. The van der Waals surface area contributed by atoms with Crippen LogP contribution in [0.5, 0.6) is 0 Å². The standard InChI is InChI=1S/C26H31N3O5S2/c1-19-10-14-24(36(33,34)29(3)4)18-25(19)27-26(30)17-13-21-11-15-23(16-12-21)35(31,32)28-20(2)22-8-6-5-7-9-22/h5-12,14-16,18,20,28H,13,17H2,1-4H3,(H,27,30)/t20-/m0/s1. The van der Waals surface area contributed by atoms with E-state index >= 15 is 0 Å². The van der Waals surface area contributed by atoms with Gasteiger partial charge in [-0.05, 0) is 61.2 Å². The smallest absolute Gasteiger partial charge is 0.242 e. The highest BCUT2D eigenvalue weighted by atomic mass is 32.2. The summed E-state index contributed by atoms with van der Waals surface area (Å²) in [6.07, 6.45) is 0.550. The number of nitrogens with one attached hydrogen (secondary N) is 2. The summed E-state index contributed by atoms with van der Waals surface area (Å²) in [4.78, 5) is 12.8. The van der Waals surface area contributed by atoms with E-state index in [0.29, 0.717) is 12.1 Å². The van der Waals surface area contributed by atoms with Crippen molar-refractivity contribution in [3.05, 3.63) is 89.5 Å². The third kappa shape index (κ3) is 6.79. The lowest BCUT2D eigenvalue weighted by Crippen LogP contribution is -2.26. The first-order valence-electron chi connectivity index (χ1n) is 11.4. The van der Waals surface area contributed by atoms with Crippen molar-refractivity contribution in [3.63, 3.8) is 0 Å². The lowest BCUT2D eigenvalue weighted by molar-refractivity contribution is -0.116. The zero-order chi connectivity index (χ0) is 26.5. The Kier molecular flexibility index (Phi) is 8.67. The largest absolute Gasteiger partial charge is 0.326 e. The predicted octanol–water partition coefficient (Wildman–Crippen LogP) is 3.86. The molecule has 0 aliphatic heterocycles. The molecule has 0 radical (unpaired) electrons. The monoisotopic (exact) mass is 529 g/mol. The van der Waals surface area contributed by atoms with E-state index < -0.39 is 20.0 Å². The van der Waals surface area contributed by atoms with Crippen molar-refractivity contribution < 1.29 is 21.6 Å². The lowest BCUT2D eigenvalue weighted by Gasteiger charge is -2.15. The van der Waals surface area contributed by atoms with Crippen LogP contribution < -0.4 is 10.0 Å². The van der Waals surface area contributed by atoms with Crippen LogP contribution in [0.25, 0.3) is 0 Å². The number of rotatable bonds is 10. The molecule has 10 heteroatoms. The maximum absolute atomic E-state index is 12.7. The Labute approximate surface area is 213 Å². The van der Waals surface area contributed by atoms with E-state index in [9.17, 15) is 21.6 Å². The van der Waals surface area contributed by atoms with Gasteiger partial charge in [0.15, 0.2) is 0 Å². The van der Waals surface area contributed by atoms with Crippen LogP contribution in [0.15, 0.2) is 82.6 Å². The third-order valence-electron chi connectivity index (χ3n) is 5.77. The van der Waals surface area contributed by atoms with E-state index in [-0.39, 0.29) is 28.2 Å². The molecule has 0 saturated heterocycles. The van der Waals surface area contributed by atoms with Crippen LogP contribution >= 0.6 is 0 Å². The number of hydrogen-bond acceptors (Lipinski definition) is 5. The van der Waals surface area contributed by atoms with Gasteiger partial charge in [-0.15, -0.1) is 0 Å². The molecule has 0 aliphatic rings. The Morgan fingerprint density at radius 3 is 2.11 bits per heavy atom. The molecule has 1 atom stereocenters. The van der Waals surface area contributed by atoms with Gasteiger partial charge in [0.2, 0.25) is 26.0 Å². The molecule has 0 bridgehead atoms. The Hall–Kier alpha value is -3.05. The van der Waals surface area contributed by atoms with E-state index in [1.165, 1.54) is 38.4 Å². The number of sulfonamides is 2. The number of carbonyl (C=O) groups excluding carboxylic acids is 1. The first-order chi connectivity index (χ1) is 16.9. The highest BCUT2D eigenvalue weighted by Crippen LogP contribution is 2.23. The van der Waals surface area contributed by atoms with Crippen LogP contribution in [0.4, 0.5) is 5.69 Å². The fourth-order valence-corrected chi connectivity index (χ4v) is 5.68. The minimum atomic E-state index is -3.71. The fraction of sp³-hybridized carbons (Fsp3) is 0.269. The molecule has 1 amide bonds. The second kappa shape index (κ2) is 11.3. The van der Waals surface area contributed by atoms with Gasteiger partial charge in [-0.1, -0.05) is 48.5 Å². The first-order valence-corrected chi connectivity index (χ1v) is 14.3. The van der Waals surface area contributed by atoms with Gasteiger partial charge < -0.3 is 5.32 Å². The summed E-state index contributed by atoms with van der Waals surface area (Å²) < 4.78 is 54.1. The van der Waals surface area contributed by atoms with E-state index in [2.05, 4.69) is 10.0 Å². The molecule has 2 N–H and O–H groups in total. The van der Waals surface area contributed by atoms with Crippen LogP contribution in [0.1, 0.15) is 36.1 Å². The Bertz CT molecular complexity index is 1420. The number of hydrogen-bond donors (Lipinski definition) is 2. The highest BCUT2D eigenvalue weighted by molar-refractivity contribution is 7.89. The van der Waals surface area contributed by atoms with Crippen LogP contribution in [0, 0.1) is 6.92 Å². The summed E-state index contributed by atoms with van der Waals surface area (Å²) >= 11 is 0. The Morgan fingerprint density at radius 2 is 1.50 bits per heavy atom. The van der Waals surface area contributed by atoms with Gasteiger partial charge in [-0.25, -0.2) is 25.9 Å². The number of nitrogens with zero attached hydrogens (tertiary/aromatic N) is 1.